The van der Waals surface area contributed by atoms with Gasteiger partial charge in [0.2, 0.25) is 11.9 Å². The van der Waals surface area contributed by atoms with Gasteiger partial charge < -0.3 is 25.2 Å². The average Bonchev–Trinajstić information content (AvgIpc) is 3.63. The van der Waals surface area contributed by atoms with Gasteiger partial charge in [-0.1, -0.05) is 12.6 Å². The molecule has 1 saturated heterocycles. The summed E-state index contributed by atoms with van der Waals surface area (Å²) in [5, 5.41) is 10.5. The Hall–Kier alpha value is -5.10. The number of likely N-dealkylation sites (N-methyl/N-ethyl adjacent to an activating group) is 1. The number of hydrogen-bond acceptors (Lipinski definition) is 8. The van der Waals surface area contributed by atoms with Gasteiger partial charge in [-0.3, -0.25) is 9.48 Å². The highest BCUT2D eigenvalue weighted by Gasteiger charge is 2.25. The van der Waals surface area contributed by atoms with Crippen LogP contribution >= 0.6 is 0 Å². The number of carbonyl (C=O) groups is 1. The van der Waals surface area contributed by atoms with Gasteiger partial charge in [0, 0.05) is 41.9 Å². The van der Waals surface area contributed by atoms with E-state index >= 15 is 0 Å². The summed E-state index contributed by atoms with van der Waals surface area (Å²) in [6.07, 6.45) is 9.27. The second-order valence-electron chi connectivity index (χ2n) is 10.1. The molecule has 2 aromatic carbocycles. The molecule has 4 heterocycles. The quantitative estimate of drug-likeness (QED) is 0.277. The molecule has 214 valence electrons. The van der Waals surface area contributed by atoms with E-state index in [1.807, 2.05) is 21.8 Å². The summed E-state index contributed by atoms with van der Waals surface area (Å²) in [6, 6.07) is 10.6. The van der Waals surface area contributed by atoms with E-state index in [4.69, 9.17) is 9.72 Å². The standard InChI is InChI=1S/C30H28F2N8O2/c1-3-28(41)35-21-5-4-6-23(13-21)39-18-25(42-27-8-7-20(31)12-26(27)32)11-19-14-33-30(37-29(19)39)36-22-15-34-40(16-22)24-9-10-38(2)17-24/h3-8,11-16,24H,1,9-10,17-18H2,2H3,(H,35,41)(H,33,36,37). The number of ether oxygens (including phenoxy) is 1. The van der Waals surface area contributed by atoms with E-state index in [1.165, 1.54) is 12.1 Å². The van der Waals surface area contributed by atoms with Crippen molar-refractivity contribution in [3.8, 4) is 5.75 Å². The normalized spacial score (nSPS) is 16.5. The van der Waals surface area contributed by atoms with Crippen LogP contribution in [-0.2, 0) is 4.79 Å². The number of nitrogens with one attached hydrogen (secondary N) is 2. The van der Waals surface area contributed by atoms with Crippen molar-refractivity contribution in [1.29, 1.82) is 0 Å². The number of likely N-dealkylation sites (tertiary alicyclic amines) is 1. The molecule has 1 fully saturated rings. The maximum Gasteiger partial charge on any atom is 0.247 e. The van der Waals surface area contributed by atoms with E-state index in [1.54, 1.807) is 36.7 Å². The number of fused-ring (bicyclic) bond motifs is 1. The Balaban J connectivity index is 1.32. The predicted octanol–water partition coefficient (Wildman–Crippen LogP) is 5.27. The maximum absolute atomic E-state index is 14.4. The number of anilines is 5. The van der Waals surface area contributed by atoms with E-state index in [-0.39, 0.29) is 18.2 Å². The van der Waals surface area contributed by atoms with E-state index in [0.717, 1.165) is 37.3 Å². The maximum atomic E-state index is 14.4. The summed E-state index contributed by atoms with van der Waals surface area (Å²) in [6.45, 7) is 5.64. The van der Waals surface area contributed by atoms with Crippen molar-refractivity contribution in [3.05, 3.63) is 96.7 Å². The SMILES string of the molecule is C=CC(=O)Nc1cccc(N2CC(Oc3ccc(F)cc3F)=Cc3cnc(Nc4cnn(C5CCN(C)C5)c4)nc32)c1. The summed E-state index contributed by atoms with van der Waals surface area (Å²) in [4.78, 5) is 25.3. The smallest absolute Gasteiger partial charge is 0.247 e. The minimum absolute atomic E-state index is 0.109. The van der Waals surface area contributed by atoms with Crippen LogP contribution in [0.5, 0.6) is 5.75 Å². The number of halogens is 2. The fourth-order valence-corrected chi connectivity index (χ4v) is 4.99. The van der Waals surface area contributed by atoms with Gasteiger partial charge in [-0.25, -0.2) is 13.8 Å². The highest BCUT2D eigenvalue weighted by Crippen LogP contribution is 2.36. The van der Waals surface area contributed by atoms with Crippen LogP contribution < -0.4 is 20.3 Å². The highest BCUT2D eigenvalue weighted by atomic mass is 19.1. The number of hydrogen-bond donors (Lipinski definition) is 2. The Kier molecular flexibility index (Phi) is 7.36. The van der Waals surface area contributed by atoms with Crippen molar-refractivity contribution in [2.45, 2.75) is 12.5 Å². The summed E-state index contributed by atoms with van der Waals surface area (Å²) in [5.41, 5.74) is 2.62. The molecule has 0 radical (unpaired) electrons. The van der Waals surface area contributed by atoms with Crippen molar-refractivity contribution >= 4 is 40.8 Å². The first-order valence-electron chi connectivity index (χ1n) is 13.4. The third-order valence-electron chi connectivity index (χ3n) is 7.03. The molecular formula is C30H28F2N8O2. The lowest BCUT2D eigenvalue weighted by atomic mass is 10.1. The van der Waals surface area contributed by atoms with Crippen LogP contribution in [0, 0.1) is 11.6 Å². The topological polar surface area (TPSA) is 100 Å². The first kappa shape index (κ1) is 27.1. The number of rotatable bonds is 8. The lowest BCUT2D eigenvalue weighted by Crippen LogP contribution is -2.27. The van der Waals surface area contributed by atoms with Gasteiger partial charge in [0.05, 0.1) is 24.5 Å². The molecule has 1 amide bonds. The van der Waals surface area contributed by atoms with Crippen molar-refractivity contribution in [2.75, 3.05) is 42.2 Å². The molecule has 2 aliphatic rings. The molecule has 12 heteroatoms. The molecule has 10 nitrogen and oxygen atoms in total. The molecule has 2 aromatic heterocycles. The molecule has 0 spiro atoms. The molecule has 0 bridgehead atoms. The molecule has 6 rings (SSSR count). The molecule has 0 saturated carbocycles. The number of benzene rings is 2. The predicted molar refractivity (Wildman–Crippen MR) is 156 cm³/mol. The zero-order valence-corrected chi connectivity index (χ0v) is 22.8. The van der Waals surface area contributed by atoms with Gasteiger partial charge in [0.25, 0.3) is 0 Å². The number of nitrogens with zero attached hydrogens (tertiary/aromatic N) is 6. The van der Waals surface area contributed by atoms with Crippen LogP contribution in [0.1, 0.15) is 18.0 Å². The highest BCUT2D eigenvalue weighted by molar-refractivity contribution is 5.99. The summed E-state index contributed by atoms with van der Waals surface area (Å²) >= 11 is 0. The van der Waals surface area contributed by atoms with Gasteiger partial charge in [0.1, 0.15) is 17.4 Å². The molecule has 2 aliphatic heterocycles. The molecule has 2 N–H and O–H groups in total. The Labute approximate surface area is 240 Å². The molecule has 1 atom stereocenters. The van der Waals surface area contributed by atoms with E-state index in [0.29, 0.717) is 40.5 Å². The second kappa shape index (κ2) is 11.4. The molecular weight excluding hydrogens is 542 g/mol. The van der Waals surface area contributed by atoms with Crippen molar-refractivity contribution in [2.24, 2.45) is 0 Å². The lowest BCUT2D eigenvalue weighted by Gasteiger charge is -2.30. The van der Waals surface area contributed by atoms with Crippen LogP contribution in [0.25, 0.3) is 6.08 Å². The Morgan fingerprint density at radius 1 is 1.17 bits per heavy atom. The number of carbonyl (C=O) groups excluding carboxylic acids is 1. The zero-order chi connectivity index (χ0) is 29.2. The van der Waals surface area contributed by atoms with E-state index in [9.17, 15) is 13.6 Å². The van der Waals surface area contributed by atoms with Gasteiger partial charge in [-0.2, -0.15) is 10.1 Å². The van der Waals surface area contributed by atoms with Gasteiger partial charge in [-0.05, 0) is 62.5 Å². The van der Waals surface area contributed by atoms with Crippen LogP contribution in [0.15, 0.2) is 79.5 Å². The fraction of sp³-hybridized carbons (Fsp3) is 0.200. The van der Waals surface area contributed by atoms with E-state index in [2.05, 4.69) is 39.2 Å². The van der Waals surface area contributed by atoms with Crippen molar-refractivity contribution in [3.63, 3.8) is 0 Å². The third-order valence-corrected chi connectivity index (χ3v) is 7.03. The molecule has 42 heavy (non-hydrogen) atoms. The van der Waals surface area contributed by atoms with Crippen LogP contribution in [0.2, 0.25) is 0 Å². The molecule has 4 aromatic rings. The first-order chi connectivity index (χ1) is 20.3. The van der Waals surface area contributed by atoms with E-state index < -0.39 is 11.6 Å². The average molecular weight is 571 g/mol. The zero-order valence-electron chi connectivity index (χ0n) is 22.8. The fourth-order valence-electron chi connectivity index (χ4n) is 4.99. The molecule has 1 unspecified atom stereocenters. The summed E-state index contributed by atoms with van der Waals surface area (Å²) in [5.74, 6) is -0.652. The van der Waals surface area contributed by atoms with Crippen LogP contribution in [0.4, 0.5) is 37.6 Å². The van der Waals surface area contributed by atoms with Crippen molar-refractivity contribution in [1.82, 2.24) is 24.6 Å². The number of aromatic nitrogens is 4. The Morgan fingerprint density at radius 3 is 2.83 bits per heavy atom. The summed E-state index contributed by atoms with van der Waals surface area (Å²) in [7, 11) is 2.10. The first-order valence-corrected chi connectivity index (χ1v) is 13.4. The van der Waals surface area contributed by atoms with Gasteiger partial charge in [0.15, 0.2) is 11.6 Å². The van der Waals surface area contributed by atoms with Crippen LogP contribution in [0.3, 0.4) is 0 Å². The van der Waals surface area contributed by atoms with Gasteiger partial charge in [-0.15, -0.1) is 0 Å². The minimum atomic E-state index is -0.817. The summed E-state index contributed by atoms with van der Waals surface area (Å²) < 4.78 is 35.7. The van der Waals surface area contributed by atoms with Crippen LogP contribution in [-0.4, -0.2) is 57.2 Å². The van der Waals surface area contributed by atoms with Crippen molar-refractivity contribution < 1.29 is 18.3 Å². The monoisotopic (exact) mass is 570 g/mol. The molecule has 0 aliphatic carbocycles. The number of amides is 1. The second-order valence-corrected chi connectivity index (χ2v) is 10.1. The Morgan fingerprint density at radius 2 is 2.05 bits per heavy atom. The largest absolute Gasteiger partial charge is 0.457 e. The lowest BCUT2D eigenvalue weighted by molar-refractivity contribution is -0.111. The third kappa shape index (κ3) is 5.84. The van der Waals surface area contributed by atoms with Gasteiger partial charge >= 0.3 is 0 Å². The Bertz CT molecular complexity index is 1690. The minimum Gasteiger partial charge on any atom is -0.457 e.